The molecule has 146 valence electrons. The van der Waals surface area contributed by atoms with E-state index in [-0.39, 0.29) is 17.0 Å². The summed E-state index contributed by atoms with van der Waals surface area (Å²) in [5.41, 5.74) is 0.279. The number of rotatable bonds is 3. The highest BCUT2D eigenvalue weighted by Gasteiger charge is 2.47. The van der Waals surface area contributed by atoms with Gasteiger partial charge in [0, 0.05) is 26.7 Å². The van der Waals surface area contributed by atoms with Gasteiger partial charge in [0.15, 0.2) is 11.6 Å². The predicted molar refractivity (Wildman–Crippen MR) is 110 cm³/mol. The van der Waals surface area contributed by atoms with Crippen LogP contribution in [-0.4, -0.2) is 16.8 Å². The van der Waals surface area contributed by atoms with Gasteiger partial charge in [0.05, 0.1) is 5.57 Å². The average molecular weight is 476 g/mol. The lowest BCUT2D eigenvalue weighted by Gasteiger charge is -2.24. The van der Waals surface area contributed by atoms with Crippen LogP contribution >= 0.6 is 27.3 Å². The highest BCUT2D eigenvalue weighted by atomic mass is 79.9. The zero-order chi connectivity index (χ0) is 20.7. The molecule has 0 spiro atoms. The van der Waals surface area contributed by atoms with Crippen molar-refractivity contribution in [1.29, 1.82) is 0 Å². The Morgan fingerprint density at radius 1 is 1.03 bits per heavy atom. The number of hydrogen-bond acceptors (Lipinski definition) is 4. The second-order valence-corrected chi connectivity index (χ2v) is 8.18. The smallest absolute Gasteiger partial charge is 0.300 e. The molecule has 8 heteroatoms. The first kappa shape index (κ1) is 19.5. The highest BCUT2D eigenvalue weighted by molar-refractivity contribution is 9.10. The van der Waals surface area contributed by atoms with Crippen molar-refractivity contribution in [2.75, 3.05) is 4.90 Å². The minimum atomic E-state index is -1.14. The summed E-state index contributed by atoms with van der Waals surface area (Å²) >= 11 is 4.59. The average Bonchev–Trinajstić information content (AvgIpc) is 3.32. The van der Waals surface area contributed by atoms with E-state index in [2.05, 4.69) is 15.9 Å². The van der Waals surface area contributed by atoms with Gasteiger partial charge in [0.25, 0.3) is 11.7 Å². The third-order valence-corrected chi connectivity index (χ3v) is 6.01. The van der Waals surface area contributed by atoms with E-state index in [0.717, 1.165) is 21.5 Å². The fourth-order valence-corrected chi connectivity index (χ4v) is 4.30. The van der Waals surface area contributed by atoms with Crippen molar-refractivity contribution in [2.45, 2.75) is 6.04 Å². The number of hydrogen-bond donors (Lipinski definition) is 1. The monoisotopic (exact) mass is 475 g/mol. The molecule has 1 aromatic heterocycles. The molecule has 4 nitrogen and oxygen atoms in total. The molecule has 1 aliphatic heterocycles. The van der Waals surface area contributed by atoms with Crippen molar-refractivity contribution < 1.29 is 23.5 Å². The maximum Gasteiger partial charge on any atom is 0.300 e. The first-order valence-electron chi connectivity index (χ1n) is 8.44. The molecule has 0 aliphatic carbocycles. The molecule has 0 radical (unpaired) electrons. The number of aliphatic hydroxyl groups excluding tert-OH is 1. The number of aliphatic hydroxyl groups is 1. The first-order valence-corrected chi connectivity index (χ1v) is 10.1. The van der Waals surface area contributed by atoms with E-state index in [1.165, 1.54) is 17.4 Å². The largest absolute Gasteiger partial charge is 0.507 e. The number of carbonyl (C=O) groups excluding carboxylic acids is 2. The summed E-state index contributed by atoms with van der Waals surface area (Å²) in [6.45, 7) is 0. The van der Waals surface area contributed by atoms with Crippen LogP contribution in [0.2, 0.25) is 0 Å². The number of Topliss-reactive ketones (excluding diaryl/α,β-unsaturated/α-hetero) is 1. The molecule has 29 heavy (non-hydrogen) atoms. The minimum Gasteiger partial charge on any atom is -0.507 e. The molecule has 1 saturated heterocycles. The zero-order valence-electron chi connectivity index (χ0n) is 14.6. The van der Waals surface area contributed by atoms with Crippen LogP contribution in [0.4, 0.5) is 14.5 Å². The van der Waals surface area contributed by atoms with Gasteiger partial charge in [-0.05, 0) is 35.7 Å². The van der Waals surface area contributed by atoms with Gasteiger partial charge >= 0.3 is 0 Å². The van der Waals surface area contributed by atoms with Gasteiger partial charge in [-0.1, -0.05) is 34.1 Å². The van der Waals surface area contributed by atoms with Gasteiger partial charge in [0.2, 0.25) is 0 Å². The lowest BCUT2D eigenvalue weighted by molar-refractivity contribution is -0.132. The van der Waals surface area contributed by atoms with Crippen LogP contribution in [0.1, 0.15) is 16.5 Å². The van der Waals surface area contributed by atoms with Crippen molar-refractivity contribution in [3.63, 3.8) is 0 Å². The maximum absolute atomic E-state index is 13.8. The maximum atomic E-state index is 13.8. The van der Waals surface area contributed by atoms with Crippen molar-refractivity contribution in [2.24, 2.45) is 0 Å². The Morgan fingerprint density at radius 3 is 2.38 bits per heavy atom. The molecule has 1 unspecified atom stereocenters. The van der Waals surface area contributed by atoms with Crippen molar-refractivity contribution >= 4 is 50.4 Å². The van der Waals surface area contributed by atoms with E-state index in [9.17, 15) is 23.5 Å². The van der Waals surface area contributed by atoms with E-state index in [4.69, 9.17) is 0 Å². The van der Waals surface area contributed by atoms with Crippen LogP contribution in [0.3, 0.4) is 0 Å². The number of halogens is 3. The third-order valence-electron chi connectivity index (χ3n) is 4.56. The van der Waals surface area contributed by atoms with Crippen LogP contribution in [0.15, 0.2) is 70.0 Å². The second-order valence-electron chi connectivity index (χ2n) is 6.29. The number of thiophene rings is 1. The molecule has 3 aromatic rings. The lowest BCUT2D eigenvalue weighted by atomic mass is 10.00. The number of nitrogens with zero attached hydrogens (tertiary/aromatic N) is 1. The second kappa shape index (κ2) is 7.53. The van der Waals surface area contributed by atoms with Crippen LogP contribution in [0, 0.1) is 11.6 Å². The predicted octanol–water partition coefficient (Wildman–Crippen LogP) is 5.42. The third kappa shape index (κ3) is 3.38. The summed E-state index contributed by atoms with van der Waals surface area (Å²) in [5.74, 6) is -4.35. The van der Waals surface area contributed by atoms with Gasteiger partial charge in [0.1, 0.15) is 11.8 Å². The molecular formula is C21H12BrF2NO3S. The molecular weight excluding hydrogens is 464 g/mol. The van der Waals surface area contributed by atoms with Crippen LogP contribution in [-0.2, 0) is 9.59 Å². The molecule has 1 atom stereocenters. The van der Waals surface area contributed by atoms with E-state index in [1.54, 1.807) is 41.8 Å². The van der Waals surface area contributed by atoms with E-state index < -0.39 is 29.4 Å². The molecule has 0 bridgehead atoms. The molecule has 1 amide bonds. The van der Waals surface area contributed by atoms with E-state index in [1.807, 2.05) is 0 Å². The molecule has 1 aliphatic rings. The zero-order valence-corrected chi connectivity index (χ0v) is 17.0. The fraction of sp³-hybridized carbons (Fsp3) is 0.0476. The van der Waals surface area contributed by atoms with Crippen molar-refractivity contribution in [3.8, 4) is 0 Å². The number of ketones is 1. The molecule has 2 heterocycles. The minimum absolute atomic E-state index is 0.0271. The standard InChI is InChI=1S/C21H12BrF2NO3S/c22-12-5-3-11(4-6-12)19(26)17-18(16-2-1-9-29-16)25(21(28)20(17)27)13-7-8-14(23)15(24)10-13/h1-10,18,26H/b19-17-. The first-order chi connectivity index (χ1) is 13.9. The van der Waals surface area contributed by atoms with E-state index in [0.29, 0.717) is 10.4 Å². The SMILES string of the molecule is O=C1C(=O)N(c2ccc(F)c(F)c2)C(c2cccs2)/C1=C(/O)c1ccc(Br)cc1. The summed E-state index contributed by atoms with van der Waals surface area (Å²) in [4.78, 5) is 27.4. The molecule has 1 fully saturated rings. The van der Waals surface area contributed by atoms with Crippen LogP contribution in [0.25, 0.3) is 5.76 Å². The fourth-order valence-electron chi connectivity index (χ4n) is 3.21. The van der Waals surface area contributed by atoms with Gasteiger partial charge in [-0.15, -0.1) is 11.3 Å². The summed E-state index contributed by atoms with van der Waals surface area (Å²) in [5, 5.41) is 12.6. The van der Waals surface area contributed by atoms with Gasteiger partial charge in [-0.3, -0.25) is 14.5 Å². The number of carbonyl (C=O) groups is 2. The molecule has 0 saturated carbocycles. The van der Waals surface area contributed by atoms with Crippen molar-refractivity contribution in [3.05, 3.63) is 92.1 Å². The van der Waals surface area contributed by atoms with Gasteiger partial charge in [-0.25, -0.2) is 8.78 Å². The Kier molecular flexibility index (Phi) is 5.06. The number of amides is 1. The molecule has 2 aromatic carbocycles. The van der Waals surface area contributed by atoms with Crippen LogP contribution in [0.5, 0.6) is 0 Å². The molecule has 4 rings (SSSR count). The topological polar surface area (TPSA) is 57.6 Å². The van der Waals surface area contributed by atoms with E-state index >= 15 is 0 Å². The number of benzene rings is 2. The Labute approximate surface area is 176 Å². The summed E-state index contributed by atoms with van der Waals surface area (Å²) in [7, 11) is 0. The van der Waals surface area contributed by atoms with Gasteiger partial charge in [-0.2, -0.15) is 0 Å². The van der Waals surface area contributed by atoms with Crippen molar-refractivity contribution in [1.82, 2.24) is 0 Å². The molecule has 1 N–H and O–H groups in total. The quantitative estimate of drug-likeness (QED) is 0.312. The Hall–Kier alpha value is -2.84. The van der Waals surface area contributed by atoms with Crippen LogP contribution < -0.4 is 4.90 Å². The summed E-state index contributed by atoms with van der Waals surface area (Å²) in [6, 6.07) is 12.1. The Morgan fingerprint density at radius 2 is 1.76 bits per heavy atom. The highest BCUT2D eigenvalue weighted by Crippen LogP contribution is 2.43. The number of anilines is 1. The Balaban J connectivity index is 1.92. The Bertz CT molecular complexity index is 1140. The lowest BCUT2D eigenvalue weighted by Crippen LogP contribution is -2.29. The summed E-state index contributed by atoms with van der Waals surface area (Å²) in [6.07, 6.45) is 0. The normalized spacial score (nSPS) is 18.4. The van der Waals surface area contributed by atoms with Gasteiger partial charge < -0.3 is 5.11 Å². The summed E-state index contributed by atoms with van der Waals surface area (Å²) < 4.78 is 28.0.